The fraction of sp³-hybridized carbons (Fsp3) is 0.500. The van der Waals surface area contributed by atoms with E-state index in [2.05, 4.69) is 5.32 Å². The summed E-state index contributed by atoms with van der Waals surface area (Å²) in [5.41, 5.74) is 0.180. The Labute approximate surface area is 141 Å². The number of benzene rings is 1. The zero-order valence-corrected chi connectivity index (χ0v) is 14.7. The van der Waals surface area contributed by atoms with Crippen molar-refractivity contribution in [2.45, 2.75) is 39.8 Å². The maximum atomic E-state index is 12.2. The van der Waals surface area contributed by atoms with Gasteiger partial charge in [-0.3, -0.25) is 4.79 Å². The molecule has 0 aliphatic rings. The molecule has 0 aliphatic heterocycles. The van der Waals surface area contributed by atoms with Crippen LogP contribution in [0.1, 0.15) is 38.1 Å². The number of halogens is 1. The van der Waals surface area contributed by atoms with E-state index < -0.39 is 12.1 Å². The molecule has 0 saturated carbocycles. The van der Waals surface area contributed by atoms with Crippen LogP contribution in [-0.4, -0.2) is 37.7 Å². The van der Waals surface area contributed by atoms with Crippen molar-refractivity contribution in [1.29, 1.82) is 0 Å². The molecule has 0 fully saturated rings. The predicted molar refractivity (Wildman–Crippen MR) is 87.3 cm³/mol. The molecule has 0 saturated heterocycles. The molecule has 0 bridgehead atoms. The Hall–Kier alpha value is -1.95. The van der Waals surface area contributed by atoms with E-state index in [0.717, 1.165) is 0 Å². The normalized spacial score (nSPS) is 11.8. The van der Waals surface area contributed by atoms with Crippen LogP contribution in [0.15, 0.2) is 12.1 Å². The largest absolute Gasteiger partial charge is 0.493 e. The maximum Gasteiger partial charge on any atom is 0.339 e. The molecule has 0 aliphatic carbocycles. The number of carbonyl (C=O) groups is 2. The lowest BCUT2D eigenvalue weighted by atomic mass is 10.2. The molecule has 1 rings (SSSR count). The molecule has 0 heterocycles. The van der Waals surface area contributed by atoms with E-state index in [0.29, 0.717) is 18.1 Å². The molecule has 0 radical (unpaired) electrons. The highest BCUT2D eigenvalue weighted by atomic mass is 35.5. The lowest BCUT2D eigenvalue weighted by Gasteiger charge is -2.16. The summed E-state index contributed by atoms with van der Waals surface area (Å²) >= 11 is 6.11. The van der Waals surface area contributed by atoms with Crippen molar-refractivity contribution < 1.29 is 23.8 Å². The Morgan fingerprint density at radius 3 is 2.43 bits per heavy atom. The van der Waals surface area contributed by atoms with Gasteiger partial charge in [0.2, 0.25) is 0 Å². The molecular formula is C16H22ClNO5. The van der Waals surface area contributed by atoms with Gasteiger partial charge in [-0.25, -0.2) is 4.79 Å². The first kappa shape index (κ1) is 19.1. The van der Waals surface area contributed by atoms with Crippen molar-refractivity contribution in [2.24, 2.45) is 0 Å². The zero-order chi connectivity index (χ0) is 17.6. The van der Waals surface area contributed by atoms with Crippen LogP contribution in [0.25, 0.3) is 0 Å². The monoisotopic (exact) mass is 343 g/mol. The quantitative estimate of drug-likeness (QED) is 0.770. The summed E-state index contributed by atoms with van der Waals surface area (Å²) in [6, 6.07) is 2.85. The summed E-state index contributed by atoms with van der Waals surface area (Å²) in [5, 5.41) is 2.91. The van der Waals surface area contributed by atoms with Gasteiger partial charge in [0.25, 0.3) is 5.91 Å². The van der Waals surface area contributed by atoms with E-state index >= 15 is 0 Å². The van der Waals surface area contributed by atoms with Crippen molar-refractivity contribution in [3.8, 4) is 11.5 Å². The molecule has 1 N–H and O–H groups in total. The highest BCUT2D eigenvalue weighted by molar-refractivity contribution is 6.32. The number of hydrogen-bond acceptors (Lipinski definition) is 5. The van der Waals surface area contributed by atoms with Crippen molar-refractivity contribution in [1.82, 2.24) is 5.32 Å². The standard InChI is InChI=1S/C16H22ClNO5/c1-6-22-14-12(17)7-11(8-13(14)21-5)16(20)23-10(4)15(19)18-9(2)3/h7-10H,6H2,1-5H3,(H,18,19)/t10-/m1/s1. The van der Waals surface area contributed by atoms with Crippen LogP contribution < -0.4 is 14.8 Å². The van der Waals surface area contributed by atoms with Crippen molar-refractivity contribution in [3.05, 3.63) is 22.7 Å². The Balaban J connectivity index is 2.92. The van der Waals surface area contributed by atoms with Gasteiger partial charge >= 0.3 is 5.97 Å². The first-order valence-corrected chi connectivity index (χ1v) is 7.69. The maximum absolute atomic E-state index is 12.2. The smallest absolute Gasteiger partial charge is 0.339 e. The van der Waals surface area contributed by atoms with Gasteiger partial charge in [0.15, 0.2) is 17.6 Å². The van der Waals surface area contributed by atoms with Gasteiger partial charge in [-0.2, -0.15) is 0 Å². The highest BCUT2D eigenvalue weighted by Crippen LogP contribution is 2.36. The molecule has 1 aromatic rings. The number of methoxy groups -OCH3 is 1. The third-order valence-electron chi connectivity index (χ3n) is 2.84. The minimum atomic E-state index is -0.916. The van der Waals surface area contributed by atoms with Crippen LogP contribution in [0.5, 0.6) is 11.5 Å². The summed E-state index contributed by atoms with van der Waals surface area (Å²) in [4.78, 5) is 24.0. The summed E-state index contributed by atoms with van der Waals surface area (Å²) in [6.07, 6.45) is -0.916. The topological polar surface area (TPSA) is 73.9 Å². The predicted octanol–water partition coefficient (Wildman–Crippen LogP) is 2.82. The number of hydrogen-bond donors (Lipinski definition) is 1. The van der Waals surface area contributed by atoms with E-state index in [1.54, 1.807) is 0 Å². The second-order valence-electron chi connectivity index (χ2n) is 5.13. The lowest BCUT2D eigenvalue weighted by molar-refractivity contribution is -0.129. The molecule has 128 valence electrons. The van der Waals surface area contributed by atoms with Gasteiger partial charge in [0, 0.05) is 6.04 Å². The second-order valence-corrected chi connectivity index (χ2v) is 5.54. The van der Waals surface area contributed by atoms with E-state index in [-0.39, 0.29) is 22.5 Å². The third-order valence-corrected chi connectivity index (χ3v) is 3.12. The van der Waals surface area contributed by atoms with Gasteiger partial charge in [0.1, 0.15) is 0 Å². The highest BCUT2D eigenvalue weighted by Gasteiger charge is 2.22. The first-order chi connectivity index (χ1) is 10.8. The van der Waals surface area contributed by atoms with Crippen LogP contribution in [0.3, 0.4) is 0 Å². The zero-order valence-electron chi connectivity index (χ0n) is 13.9. The van der Waals surface area contributed by atoms with Crippen molar-refractivity contribution >= 4 is 23.5 Å². The van der Waals surface area contributed by atoms with Crippen molar-refractivity contribution in [2.75, 3.05) is 13.7 Å². The van der Waals surface area contributed by atoms with Crippen LogP contribution in [0.2, 0.25) is 5.02 Å². The molecule has 1 atom stereocenters. The van der Waals surface area contributed by atoms with Gasteiger partial charge in [-0.1, -0.05) is 11.6 Å². The summed E-state index contributed by atoms with van der Waals surface area (Å²) < 4.78 is 15.7. The van der Waals surface area contributed by atoms with Gasteiger partial charge in [-0.05, 0) is 39.8 Å². The lowest BCUT2D eigenvalue weighted by Crippen LogP contribution is -2.39. The van der Waals surface area contributed by atoms with Crippen LogP contribution >= 0.6 is 11.6 Å². The number of rotatable bonds is 7. The number of nitrogens with one attached hydrogen (secondary N) is 1. The average molecular weight is 344 g/mol. The summed E-state index contributed by atoms with van der Waals surface area (Å²) in [5.74, 6) is -0.346. The molecule has 0 spiro atoms. The van der Waals surface area contributed by atoms with Gasteiger partial charge in [0.05, 0.1) is 24.3 Å². The number of esters is 1. The SMILES string of the molecule is CCOc1c(Cl)cc(C(=O)O[C@H](C)C(=O)NC(C)C)cc1OC. The molecular weight excluding hydrogens is 322 g/mol. The molecule has 7 heteroatoms. The minimum absolute atomic E-state index is 0.0383. The molecule has 6 nitrogen and oxygen atoms in total. The fourth-order valence-corrected chi connectivity index (χ4v) is 2.07. The Morgan fingerprint density at radius 1 is 1.26 bits per heavy atom. The fourth-order valence-electron chi connectivity index (χ4n) is 1.81. The minimum Gasteiger partial charge on any atom is -0.493 e. The molecule has 1 aromatic carbocycles. The van der Waals surface area contributed by atoms with E-state index in [4.69, 9.17) is 25.8 Å². The second kappa shape index (κ2) is 8.62. The van der Waals surface area contributed by atoms with E-state index in [1.807, 2.05) is 20.8 Å². The van der Waals surface area contributed by atoms with E-state index in [1.165, 1.54) is 26.2 Å². The van der Waals surface area contributed by atoms with Crippen LogP contribution in [-0.2, 0) is 9.53 Å². The van der Waals surface area contributed by atoms with Crippen LogP contribution in [0, 0.1) is 0 Å². The molecule has 0 unspecified atom stereocenters. The number of amides is 1. The Kier molecular flexibility index (Phi) is 7.16. The molecule has 23 heavy (non-hydrogen) atoms. The third kappa shape index (κ3) is 5.32. The van der Waals surface area contributed by atoms with Gasteiger partial charge < -0.3 is 19.5 Å². The summed E-state index contributed by atoms with van der Waals surface area (Å²) in [6.45, 7) is 7.37. The number of carbonyl (C=O) groups excluding carboxylic acids is 2. The Bertz CT molecular complexity index is 574. The Morgan fingerprint density at radius 2 is 1.91 bits per heavy atom. The first-order valence-electron chi connectivity index (χ1n) is 7.31. The molecule has 0 aromatic heterocycles. The van der Waals surface area contributed by atoms with Crippen molar-refractivity contribution in [3.63, 3.8) is 0 Å². The van der Waals surface area contributed by atoms with E-state index in [9.17, 15) is 9.59 Å². The average Bonchev–Trinajstić information content (AvgIpc) is 2.48. The number of ether oxygens (including phenoxy) is 3. The van der Waals surface area contributed by atoms with Gasteiger partial charge in [-0.15, -0.1) is 0 Å². The summed E-state index contributed by atoms with van der Waals surface area (Å²) in [7, 11) is 1.45. The van der Waals surface area contributed by atoms with Crippen LogP contribution in [0.4, 0.5) is 0 Å². The molecule has 1 amide bonds.